The summed E-state index contributed by atoms with van der Waals surface area (Å²) in [5.74, 6) is -0.286. The molecule has 0 aliphatic carbocycles. The smallest absolute Gasteiger partial charge is 0.288 e. The van der Waals surface area contributed by atoms with Crippen LogP contribution in [-0.4, -0.2) is 9.55 Å². The van der Waals surface area contributed by atoms with E-state index in [-0.39, 0.29) is 16.5 Å². The summed E-state index contributed by atoms with van der Waals surface area (Å²) in [5, 5.41) is -0.0627. The Kier molecular flexibility index (Phi) is 3.24. The molecule has 0 atom stereocenters. The number of rotatable bonds is 2. The molecule has 0 saturated heterocycles. The van der Waals surface area contributed by atoms with E-state index in [2.05, 4.69) is 4.98 Å². The summed E-state index contributed by atoms with van der Waals surface area (Å²) >= 11 is 5.64. The maximum atomic E-state index is 12.9. The zero-order valence-corrected chi connectivity index (χ0v) is 9.91. The average Bonchev–Trinajstić information content (AvgIpc) is 2.28. The number of hydrogen-bond donors (Lipinski definition) is 0. The molecule has 0 unspecified atom stereocenters. The Bertz CT molecular complexity index is 610. The molecule has 0 radical (unpaired) electrons. The van der Waals surface area contributed by atoms with Crippen LogP contribution in [0.25, 0.3) is 0 Å². The van der Waals surface area contributed by atoms with Crippen LogP contribution in [0.2, 0.25) is 5.15 Å². The van der Waals surface area contributed by atoms with E-state index in [1.54, 1.807) is 19.2 Å². The van der Waals surface area contributed by atoms with Crippen LogP contribution in [0, 0.1) is 12.7 Å². The predicted molar refractivity (Wildman–Crippen MR) is 63.7 cm³/mol. The second-order valence-corrected chi connectivity index (χ2v) is 4.08. The van der Waals surface area contributed by atoms with Gasteiger partial charge in [0.1, 0.15) is 5.82 Å². The summed E-state index contributed by atoms with van der Waals surface area (Å²) in [6, 6.07) is 4.46. The Morgan fingerprint density at radius 2 is 2.24 bits per heavy atom. The molecular formula is C12H10ClFN2O. The Balaban J connectivity index is 2.38. The SMILES string of the molecule is Cc1cc(F)ccc1Cn1ccnc(Cl)c1=O. The summed E-state index contributed by atoms with van der Waals surface area (Å²) in [7, 11) is 0. The van der Waals surface area contributed by atoms with Crippen LogP contribution in [0.3, 0.4) is 0 Å². The quantitative estimate of drug-likeness (QED) is 0.823. The van der Waals surface area contributed by atoms with Gasteiger partial charge >= 0.3 is 0 Å². The second kappa shape index (κ2) is 4.67. The number of hydrogen-bond acceptors (Lipinski definition) is 2. The molecule has 0 saturated carbocycles. The molecule has 0 aliphatic heterocycles. The monoisotopic (exact) mass is 252 g/mol. The van der Waals surface area contributed by atoms with Gasteiger partial charge in [0, 0.05) is 12.4 Å². The maximum absolute atomic E-state index is 12.9. The van der Waals surface area contributed by atoms with Crippen molar-refractivity contribution in [3.8, 4) is 0 Å². The fraction of sp³-hybridized carbons (Fsp3) is 0.167. The lowest BCUT2D eigenvalue weighted by molar-refractivity contribution is 0.624. The highest BCUT2D eigenvalue weighted by atomic mass is 35.5. The number of benzene rings is 1. The van der Waals surface area contributed by atoms with Crippen LogP contribution in [-0.2, 0) is 6.54 Å². The Labute approximate surface area is 102 Å². The lowest BCUT2D eigenvalue weighted by atomic mass is 10.1. The third-order valence-electron chi connectivity index (χ3n) is 2.52. The predicted octanol–water partition coefficient (Wildman–Crippen LogP) is 2.39. The minimum atomic E-state index is -0.349. The van der Waals surface area contributed by atoms with E-state index < -0.39 is 0 Å². The Hall–Kier alpha value is -1.68. The first kappa shape index (κ1) is 11.8. The van der Waals surface area contributed by atoms with Crippen molar-refractivity contribution in [1.82, 2.24) is 9.55 Å². The first-order valence-electron chi connectivity index (χ1n) is 5.04. The molecule has 0 amide bonds. The molecule has 5 heteroatoms. The summed E-state index contributed by atoms with van der Waals surface area (Å²) in [6.07, 6.45) is 3.01. The van der Waals surface area contributed by atoms with Gasteiger partial charge < -0.3 is 4.57 Å². The third kappa shape index (κ3) is 2.53. The van der Waals surface area contributed by atoms with Crippen molar-refractivity contribution >= 4 is 11.6 Å². The minimum absolute atomic E-state index is 0.0627. The molecule has 0 aliphatic rings. The van der Waals surface area contributed by atoms with Gasteiger partial charge in [-0.25, -0.2) is 9.37 Å². The van der Waals surface area contributed by atoms with E-state index >= 15 is 0 Å². The van der Waals surface area contributed by atoms with Gasteiger partial charge in [-0.1, -0.05) is 17.7 Å². The third-order valence-corrected chi connectivity index (χ3v) is 2.78. The number of aromatic nitrogens is 2. The first-order chi connectivity index (χ1) is 8.08. The average molecular weight is 253 g/mol. The standard InChI is InChI=1S/C12H10ClFN2O/c1-8-6-10(14)3-2-9(8)7-16-5-4-15-11(13)12(16)17/h2-6H,7H2,1H3. The Morgan fingerprint density at radius 1 is 1.47 bits per heavy atom. The lowest BCUT2D eigenvalue weighted by Gasteiger charge is -2.08. The molecule has 0 N–H and O–H groups in total. The molecule has 17 heavy (non-hydrogen) atoms. The zero-order chi connectivity index (χ0) is 12.4. The fourth-order valence-corrected chi connectivity index (χ4v) is 1.73. The fourth-order valence-electron chi connectivity index (χ4n) is 1.57. The number of nitrogens with zero attached hydrogens (tertiary/aromatic N) is 2. The van der Waals surface area contributed by atoms with Crippen molar-refractivity contribution in [3.63, 3.8) is 0 Å². The number of halogens is 2. The Morgan fingerprint density at radius 3 is 2.94 bits per heavy atom. The van der Waals surface area contributed by atoms with E-state index in [4.69, 9.17) is 11.6 Å². The van der Waals surface area contributed by atoms with Crippen LogP contribution >= 0.6 is 11.6 Å². The molecule has 2 rings (SSSR count). The molecular weight excluding hydrogens is 243 g/mol. The summed E-state index contributed by atoms with van der Waals surface area (Å²) in [6.45, 7) is 2.15. The van der Waals surface area contributed by atoms with Crippen molar-refractivity contribution in [2.75, 3.05) is 0 Å². The largest absolute Gasteiger partial charge is 0.307 e. The van der Waals surface area contributed by atoms with E-state index in [0.29, 0.717) is 6.54 Å². The number of aryl methyl sites for hydroxylation is 1. The van der Waals surface area contributed by atoms with Crippen LogP contribution in [0.5, 0.6) is 0 Å². The van der Waals surface area contributed by atoms with Crippen molar-refractivity contribution in [2.45, 2.75) is 13.5 Å². The highest BCUT2D eigenvalue weighted by molar-refractivity contribution is 6.29. The van der Waals surface area contributed by atoms with Crippen molar-refractivity contribution < 1.29 is 4.39 Å². The van der Waals surface area contributed by atoms with Gasteiger partial charge in [-0.2, -0.15) is 0 Å². The first-order valence-corrected chi connectivity index (χ1v) is 5.41. The summed E-state index contributed by atoms with van der Waals surface area (Å²) < 4.78 is 14.4. The molecule has 0 spiro atoms. The van der Waals surface area contributed by atoms with Gasteiger partial charge in [-0.3, -0.25) is 4.79 Å². The van der Waals surface area contributed by atoms with Gasteiger partial charge in [-0.05, 0) is 30.2 Å². The van der Waals surface area contributed by atoms with Crippen molar-refractivity contribution in [3.05, 3.63) is 63.0 Å². The van der Waals surface area contributed by atoms with Gasteiger partial charge in [0.25, 0.3) is 5.56 Å². The topological polar surface area (TPSA) is 34.9 Å². The maximum Gasteiger partial charge on any atom is 0.288 e. The normalized spacial score (nSPS) is 10.5. The zero-order valence-electron chi connectivity index (χ0n) is 9.15. The highest BCUT2D eigenvalue weighted by Gasteiger charge is 2.05. The van der Waals surface area contributed by atoms with Crippen molar-refractivity contribution in [1.29, 1.82) is 0 Å². The van der Waals surface area contributed by atoms with Gasteiger partial charge in [0.2, 0.25) is 0 Å². The van der Waals surface area contributed by atoms with Gasteiger partial charge in [0.15, 0.2) is 5.15 Å². The molecule has 1 aromatic carbocycles. The van der Waals surface area contributed by atoms with E-state index in [9.17, 15) is 9.18 Å². The molecule has 2 aromatic rings. The lowest BCUT2D eigenvalue weighted by Crippen LogP contribution is -2.21. The summed E-state index contributed by atoms with van der Waals surface area (Å²) in [5.41, 5.74) is 1.32. The van der Waals surface area contributed by atoms with Crippen LogP contribution in [0.1, 0.15) is 11.1 Å². The van der Waals surface area contributed by atoms with E-state index in [0.717, 1.165) is 11.1 Å². The molecule has 1 heterocycles. The molecule has 1 aromatic heterocycles. The van der Waals surface area contributed by atoms with Crippen LogP contribution in [0.15, 0.2) is 35.4 Å². The van der Waals surface area contributed by atoms with Crippen LogP contribution in [0.4, 0.5) is 4.39 Å². The van der Waals surface area contributed by atoms with Gasteiger partial charge in [-0.15, -0.1) is 0 Å². The van der Waals surface area contributed by atoms with Crippen molar-refractivity contribution in [2.24, 2.45) is 0 Å². The van der Waals surface area contributed by atoms with E-state index in [1.807, 2.05) is 0 Å². The van der Waals surface area contributed by atoms with Gasteiger partial charge in [0.05, 0.1) is 6.54 Å². The van der Waals surface area contributed by atoms with E-state index in [1.165, 1.54) is 22.9 Å². The highest BCUT2D eigenvalue weighted by Crippen LogP contribution is 2.11. The molecule has 0 fully saturated rings. The minimum Gasteiger partial charge on any atom is -0.307 e. The summed E-state index contributed by atoms with van der Waals surface area (Å²) in [4.78, 5) is 15.3. The van der Waals surface area contributed by atoms with Crippen LogP contribution < -0.4 is 5.56 Å². The molecule has 0 bridgehead atoms. The second-order valence-electron chi connectivity index (χ2n) is 3.72. The molecule has 3 nitrogen and oxygen atoms in total. The molecule has 88 valence electrons.